The van der Waals surface area contributed by atoms with E-state index in [1.807, 2.05) is 18.2 Å². The Morgan fingerprint density at radius 1 is 1.19 bits per heavy atom. The van der Waals surface area contributed by atoms with Crippen LogP contribution in [0.15, 0.2) is 46.9 Å². The molecule has 2 aromatic carbocycles. The first-order valence-electron chi connectivity index (χ1n) is 7.01. The molecular formula is C17H20BrClN2. The van der Waals surface area contributed by atoms with Crippen LogP contribution >= 0.6 is 27.5 Å². The lowest BCUT2D eigenvalue weighted by Gasteiger charge is -2.20. The first-order chi connectivity index (χ1) is 10.0. The van der Waals surface area contributed by atoms with Gasteiger partial charge in [-0.05, 0) is 51.0 Å². The van der Waals surface area contributed by atoms with Crippen molar-refractivity contribution in [3.8, 4) is 0 Å². The van der Waals surface area contributed by atoms with Crippen LogP contribution in [-0.2, 0) is 6.42 Å². The highest BCUT2D eigenvalue weighted by Gasteiger charge is 2.17. The van der Waals surface area contributed by atoms with Crippen molar-refractivity contribution in [2.45, 2.75) is 26.3 Å². The fraction of sp³-hybridized carbons (Fsp3) is 0.294. The summed E-state index contributed by atoms with van der Waals surface area (Å²) in [4.78, 5) is 0. The highest BCUT2D eigenvalue weighted by atomic mass is 79.9. The second kappa shape index (κ2) is 7.41. The zero-order valence-corrected chi connectivity index (χ0v) is 14.6. The van der Waals surface area contributed by atoms with Gasteiger partial charge < -0.3 is 0 Å². The topological polar surface area (TPSA) is 38.0 Å². The largest absolute Gasteiger partial charge is 0.271 e. The molecule has 0 bridgehead atoms. The highest BCUT2D eigenvalue weighted by Crippen LogP contribution is 2.33. The smallest absolute Gasteiger partial charge is 0.0725 e. The first kappa shape index (κ1) is 16.5. The first-order valence-corrected chi connectivity index (χ1v) is 8.19. The second-order valence-electron chi connectivity index (χ2n) is 5.59. The van der Waals surface area contributed by atoms with Crippen LogP contribution in [0.2, 0.25) is 5.02 Å². The maximum atomic E-state index is 6.40. The highest BCUT2D eigenvalue weighted by molar-refractivity contribution is 9.10. The van der Waals surface area contributed by atoms with E-state index < -0.39 is 0 Å². The summed E-state index contributed by atoms with van der Waals surface area (Å²) in [6.07, 6.45) is 1.05. The van der Waals surface area contributed by atoms with Gasteiger partial charge in [0, 0.05) is 4.47 Å². The standard InChI is InChI=1S/C17H20BrClN2/c1-11(2)9-12-5-3-6-13(10-12)17(21-20)14-7-4-8-15(18)16(14)19/h3-8,10-11,17,21H,9,20H2,1-2H3. The fourth-order valence-corrected chi connectivity index (χ4v) is 3.10. The van der Waals surface area contributed by atoms with Gasteiger partial charge in [-0.1, -0.05) is 61.8 Å². The molecule has 0 heterocycles. The molecule has 2 nitrogen and oxygen atoms in total. The fourth-order valence-electron chi connectivity index (χ4n) is 2.48. The van der Waals surface area contributed by atoms with Crippen molar-refractivity contribution >= 4 is 27.5 Å². The third kappa shape index (κ3) is 4.07. The van der Waals surface area contributed by atoms with Gasteiger partial charge in [0.05, 0.1) is 11.1 Å². The van der Waals surface area contributed by atoms with E-state index in [1.54, 1.807) is 0 Å². The molecule has 112 valence electrons. The normalized spacial score (nSPS) is 12.7. The van der Waals surface area contributed by atoms with Crippen molar-refractivity contribution in [2.75, 3.05) is 0 Å². The van der Waals surface area contributed by atoms with Gasteiger partial charge in [-0.2, -0.15) is 0 Å². The van der Waals surface area contributed by atoms with E-state index in [-0.39, 0.29) is 6.04 Å². The number of benzene rings is 2. The Bertz CT molecular complexity index is 613. The zero-order chi connectivity index (χ0) is 15.4. The summed E-state index contributed by atoms with van der Waals surface area (Å²) in [6, 6.07) is 14.3. The predicted octanol–water partition coefficient (Wildman–Crippen LogP) is 4.85. The SMILES string of the molecule is CC(C)Cc1cccc(C(NN)c2cccc(Br)c2Cl)c1. The van der Waals surface area contributed by atoms with E-state index in [4.69, 9.17) is 17.4 Å². The Morgan fingerprint density at radius 3 is 2.57 bits per heavy atom. The molecule has 0 aliphatic carbocycles. The van der Waals surface area contributed by atoms with Crippen molar-refractivity contribution in [1.29, 1.82) is 0 Å². The van der Waals surface area contributed by atoms with Gasteiger partial charge in [0.25, 0.3) is 0 Å². The Hall–Kier alpha value is -0.870. The molecule has 4 heteroatoms. The minimum absolute atomic E-state index is 0.123. The summed E-state index contributed by atoms with van der Waals surface area (Å²) in [6.45, 7) is 4.44. The van der Waals surface area contributed by atoms with E-state index in [2.05, 4.69) is 59.5 Å². The van der Waals surface area contributed by atoms with Crippen LogP contribution in [0.5, 0.6) is 0 Å². The summed E-state index contributed by atoms with van der Waals surface area (Å²) >= 11 is 9.86. The third-order valence-corrected chi connectivity index (χ3v) is 4.70. The molecule has 0 spiro atoms. The lowest BCUT2D eigenvalue weighted by molar-refractivity contribution is 0.627. The predicted molar refractivity (Wildman–Crippen MR) is 93.3 cm³/mol. The van der Waals surface area contributed by atoms with Gasteiger partial charge in [-0.3, -0.25) is 5.84 Å². The van der Waals surface area contributed by atoms with Crippen molar-refractivity contribution in [3.63, 3.8) is 0 Å². The van der Waals surface area contributed by atoms with Crippen LogP contribution in [0.4, 0.5) is 0 Å². The molecule has 1 unspecified atom stereocenters. The van der Waals surface area contributed by atoms with Crippen molar-refractivity contribution < 1.29 is 0 Å². The van der Waals surface area contributed by atoms with E-state index in [0.717, 1.165) is 22.0 Å². The molecule has 21 heavy (non-hydrogen) atoms. The average Bonchev–Trinajstić information content (AvgIpc) is 2.44. The van der Waals surface area contributed by atoms with Crippen molar-refractivity contribution in [2.24, 2.45) is 11.8 Å². The lowest BCUT2D eigenvalue weighted by Crippen LogP contribution is -2.29. The Labute approximate surface area is 139 Å². The van der Waals surface area contributed by atoms with Gasteiger partial charge in [-0.25, -0.2) is 5.43 Å². The zero-order valence-electron chi connectivity index (χ0n) is 12.2. The molecule has 0 saturated heterocycles. The molecule has 1 atom stereocenters. The van der Waals surface area contributed by atoms with E-state index in [1.165, 1.54) is 5.56 Å². The number of rotatable bonds is 5. The number of nitrogens with two attached hydrogens (primary N) is 1. The number of halogens is 2. The van der Waals surface area contributed by atoms with Gasteiger partial charge in [-0.15, -0.1) is 0 Å². The summed E-state index contributed by atoms with van der Waals surface area (Å²) < 4.78 is 0.875. The van der Waals surface area contributed by atoms with E-state index in [0.29, 0.717) is 10.9 Å². The molecule has 0 aliphatic rings. The van der Waals surface area contributed by atoms with Crippen LogP contribution in [0.1, 0.15) is 36.6 Å². The quantitative estimate of drug-likeness (QED) is 0.585. The number of hydrogen-bond acceptors (Lipinski definition) is 2. The molecular weight excluding hydrogens is 348 g/mol. The number of hydrogen-bond donors (Lipinski definition) is 2. The van der Waals surface area contributed by atoms with Crippen LogP contribution in [0.25, 0.3) is 0 Å². The number of nitrogens with one attached hydrogen (secondary N) is 1. The average molecular weight is 368 g/mol. The van der Waals surface area contributed by atoms with Crippen LogP contribution < -0.4 is 11.3 Å². The Morgan fingerprint density at radius 2 is 1.90 bits per heavy atom. The molecule has 0 amide bonds. The Balaban J connectivity index is 2.39. The summed E-state index contributed by atoms with van der Waals surface area (Å²) in [5.74, 6) is 6.41. The molecule has 2 rings (SSSR count). The lowest BCUT2D eigenvalue weighted by atomic mass is 9.95. The molecule has 0 aromatic heterocycles. The van der Waals surface area contributed by atoms with Gasteiger partial charge >= 0.3 is 0 Å². The van der Waals surface area contributed by atoms with Gasteiger partial charge in [0.15, 0.2) is 0 Å². The summed E-state index contributed by atoms with van der Waals surface area (Å²) in [7, 11) is 0. The minimum Gasteiger partial charge on any atom is -0.271 e. The minimum atomic E-state index is -0.123. The summed E-state index contributed by atoms with van der Waals surface area (Å²) in [5.41, 5.74) is 6.28. The molecule has 0 aliphatic heterocycles. The van der Waals surface area contributed by atoms with Crippen molar-refractivity contribution in [1.82, 2.24) is 5.43 Å². The second-order valence-corrected chi connectivity index (χ2v) is 6.82. The third-order valence-electron chi connectivity index (χ3n) is 3.39. The molecule has 3 N–H and O–H groups in total. The summed E-state index contributed by atoms with van der Waals surface area (Å²) in [5, 5.41) is 0.690. The molecule has 0 fully saturated rings. The Kier molecular flexibility index (Phi) is 5.82. The number of hydrazine groups is 1. The van der Waals surface area contributed by atoms with Gasteiger partial charge in [0.1, 0.15) is 0 Å². The van der Waals surface area contributed by atoms with E-state index >= 15 is 0 Å². The van der Waals surface area contributed by atoms with Gasteiger partial charge in [0.2, 0.25) is 0 Å². The molecule has 0 radical (unpaired) electrons. The monoisotopic (exact) mass is 366 g/mol. The van der Waals surface area contributed by atoms with Crippen molar-refractivity contribution in [3.05, 3.63) is 68.7 Å². The van der Waals surface area contributed by atoms with Crippen LogP contribution in [-0.4, -0.2) is 0 Å². The van der Waals surface area contributed by atoms with Crippen LogP contribution in [0, 0.1) is 5.92 Å². The molecule has 0 saturated carbocycles. The van der Waals surface area contributed by atoms with E-state index in [9.17, 15) is 0 Å². The van der Waals surface area contributed by atoms with Crippen LogP contribution in [0.3, 0.4) is 0 Å². The maximum Gasteiger partial charge on any atom is 0.0725 e. The molecule has 2 aromatic rings. The maximum absolute atomic E-state index is 6.40.